The lowest BCUT2D eigenvalue weighted by atomic mass is 10.0. The molecule has 0 spiro atoms. The van der Waals surface area contributed by atoms with Crippen molar-refractivity contribution < 1.29 is 37.9 Å². The molecule has 298 valence electrons. The number of hydrogen-bond donors (Lipinski definition) is 2. The first kappa shape index (κ1) is 49.0. The lowest BCUT2D eigenvalue weighted by Gasteiger charge is -2.18. The Morgan fingerprint density at radius 1 is 0.440 bits per heavy atom. The van der Waals surface area contributed by atoms with Gasteiger partial charge in [0, 0.05) is 12.8 Å². The van der Waals surface area contributed by atoms with Crippen LogP contribution in [0.5, 0.6) is 0 Å². The van der Waals surface area contributed by atoms with Crippen LogP contribution in [-0.4, -0.2) is 41.0 Å². The van der Waals surface area contributed by atoms with Gasteiger partial charge in [-0.25, -0.2) is 4.57 Å². The van der Waals surface area contributed by atoms with Crippen LogP contribution >= 0.6 is 7.82 Å². The van der Waals surface area contributed by atoms with Gasteiger partial charge in [0.1, 0.15) is 6.61 Å². The van der Waals surface area contributed by atoms with Crippen molar-refractivity contribution in [2.45, 2.75) is 238 Å². The lowest BCUT2D eigenvalue weighted by Crippen LogP contribution is -2.29. The van der Waals surface area contributed by atoms with Crippen LogP contribution in [0.25, 0.3) is 0 Å². The topological polar surface area (TPSA) is 119 Å². The molecule has 0 amide bonds. The highest BCUT2D eigenvalue weighted by Gasteiger charge is 2.22. The minimum atomic E-state index is -4.71. The van der Waals surface area contributed by atoms with E-state index in [1.165, 1.54) is 180 Å². The van der Waals surface area contributed by atoms with E-state index >= 15 is 0 Å². The molecule has 0 heterocycles. The van der Waals surface area contributed by atoms with Gasteiger partial charge in [-0.2, -0.15) is 0 Å². The number of hydrogen-bond acceptors (Lipinski definition) is 6. The molecule has 0 saturated carbocycles. The number of carbonyl (C=O) groups is 2. The third-order valence-corrected chi connectivity index (χ3v) is 10.1. The van der Waals surface area contributed by atoms with Gasteiger partial charge >= 0.3 is 19.8 Å². The van der Waals surface area contributed by atoms with E-state index in [9.17, 15) is 14.2 Å². The third kappa shape index (κ3) is 39.8. The van der Waals surface area contributed by atoms with Crippen molar-refractivity contribution in [3.05, 3.63) is 0 Å². The fraction of sp³-hybridized carbons (Fsp3) is 0.951. The molecule has 9 heteroatoms. The fourth-order valence-corrected chi connectivity index (χ4v) is 6.83. The molecule has 50 heavy (non-hydrogen) atoms. The van der Waals surface area contributed by atoms with Crippen LogP contribution in [0.4, 0.5) is 0 Å². The molecule has 0 rings (SSSR count). The highest BCUT2D eigenvalue weighted by molar-refractivity contribution is 7.46. The van der Waals surface area contributed by atoms with Crippen LogP contribution in [0.15, 0.2) is 0 Å². The number of rotatable bonds is 40. The zero-order valence-electron chi connectivity index (χ0n) is 32.8. The highest BCUT2D eigenvalue weighted by Crippen LogP contribution is 2.36. The van der Waals surface area contributed by atoms with Crippen LogP contribution in [0.3, 0.4) is 0 Å². The van der Waals surface area contributed by atoms with E-state index in [2.05, 4.69) is 11.4 Å². The summed E-state index contributed by atoms with van der Waals surface area (Å²) in [7, 11) is -4.71. The van der Waals surface area contributed by atoms with Crippen molar-refractivity contribution in [1.29, 1.82) is 0 Å². The van der Waals surface area contributed by atoms with Crippen molar-refractivity contribution in [2.24, 2.45) is 0 Å². The Morgan fingerprint density at radius 3 is 1.06 bits per heavy atom. The number of phosphoric ester groups is 1. The Balaban J connectivity index is 3.38. The second-order valence-electron chi connectivity index (χ2n) is 14.7. The van der Waals surface area contributed by atoms with Gasteiger partial charge < -0.3 is 19.3 Å². The van der Waals surface area contributed by atoms with E-state index in [4.69, 9.17) is 19.3 Å². The van der Waals surface area contributed by atoms with Gasteiger partial charge in [-0.1, -0.05) is 206 Å². The van der Waals surface area contributed by atoms with E-state index in [-0.39, 0.29) is 19.4 Å². The van der Waals surface area contributed by atoms with Crippen molar-refractivity contribution >= 4 is 19.8 Å². The maximum Gasteiger partial charge on any atom is 0.469 e. The standard InChI is InChI=1S/C41H81O8P/c1-3-5-6-7-8-9-10-11-12-13-14-15-16-17-18-19-20-21-22-23-24-25-26-27-28-29-30-31-32-33-34-36-40(42)47-37-39(38-48-50(44,45)46)49-41(43)35-4-2/h39H,3-38H2,1-2H3,(H2,44,45,46)/t39-/m1/s1. The SMILES string of the molecule is CCCCCCCCCCCCCCCCCCCCCCCCCCCCCCCCCC(=O)OC[C@H](COP(=O)(O)O)OC(=O)CCC. The van der Waals surface area contributed by atoms with Crippen LogP contribution in [0.2, 0.25) is 0 Å². The molecular formula is C41H81O8P. The Hall–Kier alpha value is -0.950. The van der Waals surface area contributed by atoms with E-state index in [1.807, 2.05) is 6.92 Å². The monoisotopic (exact) mass is 733 g/mol. The highest BCUT2D eigenvalue weighted by atomic mass is 31.2. The quantitative estimate of drug-likeness (QED) is 0.0363. The summed E-state index contributed by atoms with van der Waals surface area (Å²) < 4.78 is 25.7. The van der Waals surface area contributed by atoms with Gasteiger partial charge in [0.05, 0.1) is 6.61 Å². The minimum absolute atomic E-state index is 0.167. The fourth-order valence-electron chi connectivity index (χ4n) is 6.47. The van der Waals surface area contributed by atoms with E-state index < -0.39 is 32.5 Å². The summed E-state index contributed by atoms with van der Waals surface area (Å²) in [4.78, 5) is 41.6. The van der Waals surface area contributed by atoms with E-state index in [0.29, 0.717) is 6.42 Å². The summed E-state index contributed by atoms with van der Waals surface area (Å²) in [5, 5.41) is 0. The molecule has 2 N–H and O–H groups in total. The second kappa shape index (κ2) is 37.8. The summed E-state index contributed by atoms with van der Waals surface area (Å²) in [5.41, 5.74) is 0. The number of unbranched alkanes of at least 4 members (excludes halogenated alkanes) is 30. The Morgan fingerprint density at radius 2 is 0.760 bits per heavy atom. The number of phosphoric acid groups is 1. The average molecular weight is 733 g/mol. The largest absolute Gasteiger partial charge is 0.469 e. The van der Waals surface area contributed by atoms with E-state index in [0.717, 1.165) is 19.3 Å². The Kier molecular flexibility index (Phi) is 37.1. The maximum atomic E-state index is 12.1. The summed E-state index contributed by atoms with van der Waals surface area (Å²) in [5.74, 6) is -0.933. The number of ether oxygens (including phenoxy) is 2. The van der Waals surface area contributed by atoms with Gasteiger partial charge in [0.15, 0.2) is 6.10 Å². The first-order chi connectivity index (χ1) is 24.3. The van der Waals surface area contributed by atoms with Crippen molar-refractivity contribution in [3.8, 4) is 0 Å². The normalized spacial score (nSPS) is 12.3. The van der Waals surface area contributed by atoms with Gasteiger partial charge in [-0.05, 0) is 12.8 Å². The maximum absolute atomic E-state index is 12.1. The van der Waals surface area contributed by atoms with E-state index in [1.54, 1.807) is 0 Å². The predicted molar refractivity (Wildman–Crippen MR) is 207 cm³/mol. The first-order valence-corrected chi connectivity index (χ1v) is 22.9. The molecule has 0 unspecified atom stereocenters. The second-order valence-corrected chi connectivity index (χ2v) is 15.9. The molecule has 0 aromatic carbocycles. The minimum Gasteiger partial charge on any atom is -0.462 e. The lowest BCUT2D eigenvalue weighted by molar-refractivity contribution is -0.161. The molecule has 0 bridgehead atoms. The predicted octanol–water partition coefficient (Wildman–Crippen LogP) is 12.9. The van der Waals surface area contributed by atoms with Crippen LogP contribution in [0.1, 0.15) is 232 Å². The molecule has 0 aliphatic rings. The smallest absolute Gasteiger partial charge is 0.462 e. The summed E-state index contributed by atoms with van der Waals surface area (Å²) in [6.07, 6.45) is 42.1. The van der Waals surface area contributed by atoms with Crippen LogP contribution < -0.4 is 0 Å². The number of carbonyl (C=O) groups excluding carboxylic acids is 2. The van der Waals surface area contributed by atoms with Crippen LogP contribution in [0, 0.1) is 0 Å². The molecule has 0 aliphatic carbocycles. The molecule has 1 atom stereocenters. The molecule has 0 aromatic rings. The molecular weight excluding hydrogens is 651 g/mol. The Labute approximate surface area is 308 Å². The van der Waals surface area contributed by atoms with Crippen LogP contribution in [-0.2, 0) is 28.2 Å². The number of esters is 2. The summed E-state index contributed by atoms with van der Waals surface area (Å²) >= 11 is 0. The molecule has 8 nitrogen and oxygen atoms in total. The third-order valence-electron chi connectivity index (χ3n) is 9.60. The van der Waals surface area contributed by atoms with Crippen molar-refractivity contribution in [1.82, 2.24) is 0 Å². The van der Waals surface area contributed by atoms with Gasteiger partial charge in [0.25, 0.3) is 0 Å². The summed E-state index contributed by atoms with van der Waals surface area (Å²) in [6.45, 7) is 3.29. The Bertz CT molecular complexity index is 787. The van der Waals surface area contributed by atoms with Crippen molar-refractivity contribution in [3.63, 3.8) is 0 Å². The van der Waals surface area contributed by atoms with Gasteiger partial charge in [-0.3, -0.25) is 14.1 Å². The zero-order chi connectivity index (χ0) is 36.8. The van der Waals surface area contributed by atoms with Crippen molar-refractivity contribution in [2.75, 3.05) is 13.2 Å². The molecule has 0 saturated heterocycles. The molecule has 0 fully saturated rings. The molecule has 0 radical (unpaired) electrons. The average Bonchev–Trinajstić information content (AvgIpc) is 3.08. The zero-order valence-corrected chi connectivity index (χ0v) is 33.7. The summed E-state index contributed by atoms with van der Waals surface area (Å²) in [6, 6.07) is 0. The van der Waals surface area contributed by atoms with Gasteiger partial charge in [0.2, 0.25) is 0 Å². The first-order valence-electron chi connectivity index (χ1n) is 21.3. The molecule has 0 aliphatic heterocycles. The molecule has 0 aromatic heterocycles. The van der Waals surface area contributed by atoms with Gasteiger partial charge in [-0.15, -0.1) is 0 Å².